The summed E-state index contributed by atoms with van der Waals surface area (Å²) in [7, 11) is -3.25. The van der Waals surface area contributed by atoms with Crippen molar-refractivity contribution >= 4 is 65.6 Å². The lowest BCUT2D eigenvalue weighted by Crippen LogP contribution is -2.60. The normalized spacial score (nSPS) is 19.1. The SMILES string of the molecule is COc1ccc(CN2CCN(C3CC4(CCN(c5cc(Oc6cnc7[nH]ccc7c6)c(C(=O)NS(=O)(=O)c6cc([N+](=O)[O-])c(NCC7(F)CCOCC7)c7scnc67)cc5F)CC4)C3)[C@H](c3ccccc3C(C)C)C2)cc1. The highest BCUT2D eigenvalue weighted by molar-refractivity contribution is 7.90. The Morgan fingerprint density at radius 3 is 2.49 bits per heavy atom. The maximum absolute atomic E-state index is 16.7. The maximum atomic E-state index is 16.7. The number of benzene rings is 4. The molecule has 1 atom stereocenters. The Bertz CT molecular complexity index is 3440. The molecule has 77 heavy (non-hydrogen) atoms. The molecule has 4 aliphatic rings. The molecule has 4 fully saturated rings. The number of halogens is 2. The van der Waals surface area contributed by atoms with Crippen LogP contribution in [0.4, 0.5) is 25.8 Å². The van der Waals surface area contributed by atoms with Crippen LogP contribution < -0.4 is 24.4 Å². The van der Waals surface area contributed by atoms with Crippen molar-refractivity contribution in [3.05, 3.63) is 135 Å². The van der Waals surface area contributed by atoms with E-state index in [1.807, 2.05) is 21.8 Å². The number of nitrogens with zero attached hydrogens (tertiary/aromatic N) is 6. The molecule has 21 heteroatoms. The topological polar surface area (TPSA) is 197 Å². The summed E-state index contributed by atoms with van der Waals surface area (Å²) >= 11 is 0.920. The molecule has 3 aliphatic heterocycles. The Labute approximate surface area is 449 Å². The van der Waals surface area contributed by atoms with Crippen LogP contribution in [0, 0.1) is 21.3 Å². The number of thiazole rings is 1. The number of methoxy groups -OCH3 is 1. The first-order valence-corrected chi connectivity index (χ1v) is 28.5. The highest BCUT2D eigenvalue weighted by Crippen LogP contribution is 2.54. The first-order chi connectivity index (χ1) is 37.1. The fourth-order valence-electron chi connectivity index (χ4n) is 11.9. The van der Waals surface area contributed by atoms with E-state index in [1.165, 1.54) is 34.5 Å². The second kappa shape index (κ2) is 21.2. The molecule has 11 rings (SSSR count). The van der Waals surface area contributed by atoms with E-state index in [1.54, 1.807) is 25.4 Å². The number of amides is 1. The molecule has 0 unspecified atom stereocenters. The number of carbonyl (C=O) groups excluding carboxylic acids is 1. The molecular formula is C56H61F2N9O8S2. The number of hydrogen-bond acceptors (Lipinski definition) is 15. The number of alkyl halides is 1. The van der Waals surface area contributed by atoms with E-state index < -0.39 is 48.5 Å². The summed E-state index contributed by atoms with van der Waals surface area (Å²) in [5.74, 6) is -0.717. The van der Waals surface area contributed by atoms with Crippen molar-refractivity contribution in [1.29, 1.82) is 0 Å². The minimum Gasteiger partial charge on any atom is -0.497 e. The van der Waals surface area contributed by atoms with E-state index in [9.17, 15) is 23.3 Å². The molecule has 1 amide bonds. The lowest BCUT2D eigenvalue weighted by Gasteiger charge is -2.58. The zero-order chi connectivity index (χ0) is 53.6. The third-order valence-electron chi connectivity index (χ3n) is 16.2. The van der Waals surface area contributed by atoms with Crippen molar-refractivity contribution in [1.82, 2.24) is 29.5 Å². The number of fused-ring (bicyclic) bond motifs is 2. The number of piperazine rings is 1. The van der Waals surface area contributed by atoms with Crippen LogP contribution in [0.25, 0.3) is 21.3 Å². The highest BCUT2D eigenvalue weighted by Gasteiger charge is 2.50. The summed E-state index contributed by atoms with van der Waals surface area (Å²) in [6.07, 6.45) is 7.01. The average Bonchev–Trinajstić information content (AvgIpc) is 4.19. The second-order valence-electron chi connectivity index (χ2n) is 21.3. The maximum Gasteiger partial charge on any atom is 0.295 e. The van der Waals surface area contributed by atoms with Crippen molar-refractivity contribution in [2.45, 2.75) is 87.5 Å². The number of ether oxygens (including phenoxy) is 3. The van der Waals surface area contributed by atoms with Gasteiger partial charge in [-0.1, -0.05) is 50.2 Å². The van der Waals surface area contributed by atoms with Gasteiger partial charge >= 0.3 is 0 Å². The largest absolute Gasteiger partial charge is 0.497 e. The number of nitrogens with one attached hydrogen (secondary N) is 3. The van der Waals surface area contributed by atoms with Crippen LogP contribution in [0.1, 0.15) is 91.4 Å². The lowest BCUT2D eigenvalue weighted by atomic mass is 9.59. The van der Waals surface area contributed by atoms with Crippen molar-refractivity contribution in [2.75, 3.05) is 69.8 Å². The lowest BCUT2D eigenvalue weighted by molar-refractivity contribution is -0.384. The minimum atomic E-state index is -4.94. The summed E-state index contributed by atoms with van der Waals surface area (Å²) in [6.45, 7) is 9.35. The van der Waals surface area contributed by atoms with Gasteiger partial charge in [-0.15, -0.1) is 11.3 Å². The molecule has 3 N–H and O–H groups in total. The summed E-state index contributed by atoms with van der Waals surface area (Å²) in [6, 6.07) is 24.4. The number of pyridine rings is 1. The monoisotopic (exact) mass is 1090 g/mol. The quantitative estimate of drug-likeness (QED) is 0.0610. The molecule has 7 aromatic rings. The molecule has 1 aliphatic carbocycles. The average molecular weight is 1090 g/mol. The first-order valence-electron chi connectivity index (χ1n) is 26.1. The van der Waals surface area contributed by atoms with Crippen LogP contribution in [-0.4, -0.2) is 115 Å². The summed E-state index contributed by atoms with van der Waals surface area (Å²) in [5.41, 5.74) is 3.08. The number of aromatic nitrogens is 3. The molecule has 17 nitrogen and oxygen atoms in total. The molecule has 3 aromatic heterocycles. The Balaban J connectivity index is 0.823. The number of H-pyrrole nitrogens is 1. The highest BCUT2D eigenvalue weighted by atomic mass is 32.2. The molecule has 0 bridgehead atoms. The van der Waals surface area contributed by atoms with Crippen molar-refractivity contribution in [2.24, 2.45) is 5.41 Å². The number of aromatic amines is 1. The van der Waals surface area contributed by atoms with Gasteiger partial charge in [0.1, 0.15) is 50.5 Å². The number of sulfonamides is 1. The van der Waals surface area contributed by atoms with Crippen LogP contribution in [0.3, 0.4) is 0 Å². The fraction of sp³-hybridized carbons (Fsp3) is 0.411. The van der Waals surface area contributed by atoms with Gasteiger partial charge in [0.15, 0.2) is 0 Å². The van der Waals surface area contributed by atoms with Crippen molar-refractivity contribution < 1.29 is 41.1 Å². The van der Waals surface area contributed by atoms with Gasteiger partial charge in [0, 0.05) is 108 Å². The fourth-order valence-corrected chi connectivity index (χ4v) is 13.9. The van der Waals surface area contributed by atoms with Gasteiger partial charge in [-0.05, 0) is 84.0 Å². The summed E-state index contributed by atoms with van der Waals surface area (Å²) < 4.78 is 80.0. The van der Waals surface area contributed by atoms with E-state index in [0.29, 0.717) is 36.1 Å². The molecular weight excluding hydrogens is 1030 g/mol. The van der Waals surface area contributed by atoms with Crippen molar-refractivity contribution in [3.8, 4) is 17.2 Å². The molecule has 1 saturated carbocycles. The number of piperidine rings is 1. The molecule has 0 radical (unpaired) electrons. The van der Waals surface area contributed by atoms with Gasteiger partial charge < -0.3 is 29.4 Å². The van der Waals surface area contributed by atoms with Gasteiger partial charge in [-0.2, -0.15) is 0 Å². The van der Waals surface area contributed by atoms with E-state index in [2.05, 4.69) is 80.3 Å². The number of carbonyl (C=O) groups is 1. The predicted octanol–water partition coefficient (Wildman–Crippen LogP) is 10.5. The van der Waals surface area contributed by atoms with E-state index >= 15 is 8.78 Å². The van der Waals surface area contributed by atoms with Gasteiger partial charge in [-0.25, -0.2) is 31.9 Å². The third-order valence-corrected chi connectivity index (χ3v) is 18.3. The number of nitro groups is 1. The Kier molecular flexibility index (Phi) is 14.4. The van der Waals surface area contributed by atoms with Gasteiger partial charge in [0.05, 0.1) is 39.7 Å². The van der Waals surface area contributed by atoms with E-state index in [-0.39, 0.29) is 77.1 Å². The number of nitro benzene ring substituents is 1. The standard InChI is InChI=1S/C56H61F2N9O8S2/c1-35(2)41-6-4-5-7-42(41)47-32-64(31-36-8-10-39(73-3)11-9-36)20-21-66(47)38-28-55(29-38)13-18-65(19-14-55)45-26-48(75-40-24-37-12-17-59-53(37)60-30-40)43(25-44(45)57)54(68)63-77(71,72)49-27-46(67(69)70)50(52-51(49)62-34-76-52)61-33-56(58)15-22-74-23-16-56/h4-12,17,24-27,30,34-35,38,47,61H,13-16,18-23,28-29,31-33H2,1-3H3,(H,59,60)(H,63,68)/t47-/m0/s1. The third kappa shape index (κ3) is 10.7. The number of hydrogen-bond donors (Lipinski definition) is 3. The van der Waals surface area contributed by atoms with Crippen LogP contribution in [0.5, 0.6) is 17.2 Å². The van der Waals surface area contributed by atoms with Gasteiger partial charge in [0.25, 0.3) is 21.6 Å². The van der Waals surface area contributed by atoms with E-state index in [4.69, 9.17) is 14.2 Å². The molecule has 4 aromatic carbocycles. The molecule has 1 spiro atoms. The van der Waals surface area contributed by atoms with Gasteiger partial charge in [0.2, 0.25) is 0 Å². The summed E-state index contributed by atoms with van der Waals surface area (Å²) in [5, 5.41) is 16.0. The first kappa shape index (κ1) is 52.3. The van der Waals surface area contributed by atoms with Crippen LogP contribution >= 0.6 is 11.3 Å². The number of anilines is 2. The molecule has 3 saturated heterocycles. The minimum absolute atomic E-state index is 0.0735. The van der Waals surface area contributed by atoms with Crippen LogP contribution in [0.2, 0.25) is 0 Å². The summed E-state index contributed by atoms with van der Waals surface area (Å²) in [4.78, 5) is 44.2. The van der Waals surface area contributed by atoms with Crippen molar-refractivity contribution in [3.63, 3.8) is 0 Å². The van der Waals surface area contributed by atoms with Crippen LogP contribution in [0.15, 0.2) is 102 Å². The second-order valence-corrected chi connectivity index (χ2v) is 23.8. The number of rotatable bonds is 16. The van der Waals surface area contributed by atoms with E-state index in [0.717, 1.165) is 81.1 Å². The Morgan fingerprint density at radius 1 is 0.987 bits per heavy atom. The molecule has 404 valence electrons. The Hall–Kier alpha value is -6.78. The zero-order valence-corrected chi connectivity index (χ0v) is 44.7. The predicted molar refractivity (Wildman–Crippen MR) is 291 cm³/mol. The van der Waals surface area contributed by atoms with Crippen LogP contribution in [-0.2, 0) is 21.3 Å². The Morgan fingerprint density at radius 2 is 1.75 bits per heavy atom. The zero-order valence-electron chi connectivity index (χ0n) is 43.1. The smallest absolute Gasteiger partial charge is 0.295 e. The van der Waals surface area contributed by atoms with Gasteiger partial charge in [-0.3, -0.25) is 24.7 Å². The molecule has 6 heterocycles.